The Labute approximate surface area is 388 Å². The lowest BCUT2D eigenvalue weighted by molar-refractivity contribution is -0.0231. The molecule has 4 N–H and O–H groups in total. The van der Waals surface area contributed by atoms with E-state index in [9.17, 15) is 19.1 Å². The van der Waals surface area contributed by atoms with Crippen LogP contribution < -0.4 is 5.32 Å². The van der Waals surface area contributed by atoms with Gasteiger partial charge in [-0.2, -0.15) is 10.5 Å². The number of amides is 1. The molecule has 13 nitrogen and oxygen atoms in total. The van der Waals surface area contributed by atoms with Crippen molar-refractivity contribution in [2.24, 2.45) is 0 Å². The van der Waals surface area contributed by atoms with Crippen LogP contribution in [-0.2, 0) is 24.4 Å². The molecule has 16 heteroatoms. The summed E-state index contributed by atoms with van der Waals surface area (Å²) in [7, 11) is 0. The van der Waals surface area contributed by atoms with Gasteiger partial charge in [0.15, 0.2) is 23.0 Å². The van der Waals surface area contributed by atoms with Crippen LogP contribution in [0.25, 0.3) is 32.2 Å². The number of hydrogen-bond acceptors (Lipinski definition) is 7. The molecule has 1 amide bonds. The number of imidazole rings is 2. The van der Waals surface area contributed by atoms with Crippen molar-refractivity contribution in [3.63, 3.8) is 0 Å². The number of benzene rings is 4. The van der Waals surface area contributed by atoms with Gasteiger partial charge < -0.3 is 35.0 Å². The Hall–Kier alpha value is -7.69. The number of halogens is 3. The summed E-state index contributed by atoms with van der Waals surface area (Å²) in [5, 5.41) is 29.6. The molecule has 2 aliphatic rings. The van der Waals surface area contributed by atoms with Crippen molar-refractivity contribution in [2.45, 2.75) is 66.0 Å². The number of aromatic nitrogens is 4. The minimum Gasteiger partial charge on any atom is -0.478 e. The molecule has 0 aliphatic carbocycles. The Morgan fingerprint density at radius 2 is 1.11 bits per heavy atom. The van der Waals surface area contributed by atoms with Gasteiger partial charge in [0, 0.05) is 41.2 Å². The van der Waals surface area contributed by atoms with Crippen molar-refractivity contribution in [1.29, 1.82) is 10.5 Å². The average Bonchev–Trinajstić information content (AvgIpc) is 3.82. The number of nitrogens with one attached hydrogen (secondary N) is 3. The van der Waals surface area contributed by atoms with Crippen molar-refractivity contribution in [1.82, 2.24) is 30.2 Å². The summed E-state index contributed by atoms with van der Waals surface area (Å²) in [4.78, 5) is 47.7. The quantitative estimate of drug-likeness (QED) is 0.109. The Balaban J connectivity index is 0.000000204. The van der Waals surface area contributed by atoms with Crippen molar-refractivity contribution in [3.05, 3.63) is 174 Å². The summed E-state index contributed by atoms with van der Waals surface area (Å²) < 4.78 is 29.1. The first kappa shape index (κ1) is 49.3. The van der Waals surface area contributed by atoms with Crippen LogP contribution in [0.3, 0.4) is 0 Å². The topological polar surface area (TPSA) is 183 Å². The molecule has 66 heavy (non-hydrogen) atoms. The van der Waals surface area contributed by atoms with E-state index in [-0.39, 0.29) is 50.1 Å². The first-order chi connectivity index (χ1) is 30.9. The van der Waals surface area contributed by atoms with Gasteiger partial charge in [-0.25, -0.2) is 36.7 Å². The van der Waals surface area contributed by atoms with Crippen LogP contribution in [0.1, 0.15) is 88.3 Å². The fourth-order valence-electron chi connectivity index (χ4n) is 7.84. The number of aromatic amines is 2. The van der Waals surface area contributed by atoms with E-state index in [0.29, 0.717) is 58.2 Å². The minimum atomic E-state index is -1.61. The molecule has 0 spiro atoms. The third-order valence-electron chi connectivity index (χ3n) is 11.5. The van der Waals surface area contributed by atoms with Gasteiger partial charge in [-0.3, -0.25) is 4.79 Å². The molecular formula is C50H47ClF2N10O3. The van der Waals surface area contributed by atoms with Crippen molar-refractivity contribution in [2.75, 3.05) is 26.2 Å². The number of rotatable bonds is 8. The largest absolute Gasteiger partial charge is 0.478 e. The van der Waals surface area contributed by atoms with Gasteiger partial charge in [-0.05, 0) is 111 Å². The molecule has 0 atom stereocenters. The number of alkyl halides is 2. The number of aromatic carboxylic acids is 1. The van der Waals surface area contributed by atoms with E-state index >= 15 is 4.39 Å². The summed E-state index contributed by atoms with van der Waals surface area (Å²) in [5.41, 5.74) is 8.35. The third-order valence-corrected chi connectivity index (χ3v) is 11.5. The first-order valence-corrected chi connectivity index (χ1v) is 20.6. The number of aryl methyl sites for hydroxylation is 6. The highest BCUT2D eigenvalue weighted by molar-refractivity contribution is 5.98. The van der Waals surface area contributed by atoms with E-state index in [1.54, 1.807) is 61.5 Å². The number of nitriles is 2. The Morgan fingerprint density at radius 1 is 0.697 bits per heavy atom. The highest BCUT2D eigenvalue weighted by Crippen LogP contribution is 2.38. The van der Waals surface area contributed by atoms with E-state index in [2.05, 4.69) is 34.9 Å². The maximum absolute atomic E-state index is 15.3. The molecule has 2 aliphatic heterocycles. The van der Waals surface area contributed by atoms with Crippen LogP contribution in [0.4, 0.5) is 8.78 Å². The average molecular weight is 909 g/mol. The second-order valence-electron chi connectivity index (χ2n) is 16.3. The molecule has 2 fully saturated rings. The Morgan fingerprint density at radius 3 is 1.48 bits per heavy atom. The SMILES string of the molecule is Cl.N#Cc1ccc(C2(F)CNC2)cc1.[C-]#[N+]Cc1nc(-c2cc(C(=O)N3CC(F)(c4ccc(C#N)cc4)C3)c(C)cc2C)c(C)[nH]1.[C-]#[N+]Cc1nc(-c2cc(C(=O)O)c(C)cc2C)c(C)[nH]1. The van der Waals surface area contributed by atoms with E-state index in [0.717, 1.165) is 50.5 Å². The summed E-state index contributed by atoms with van der Waals surface area (Å²) in [6.07, 6.45) is 0. The molecule has 4 heterocycles. The first-order valence-electron chi connectivity index (χ1n) is 20.6. The van der Waals surface area contributed by atoms with Gasteiger partial charge in [-0.1, -0.05) is 36.4 Å². The van der Waals surface area contributed by atoms with E-state index < -0.39 is 17.3 Å². The number of carboxylic acids is 1. The normalized spacial score (nSPS) is 13.8. The third kappa shape index (κ3) is 10.5. The van der Waals surface area contributed by atoms with E-state index in [1.807, 2.05) is 65.0 Å². The van der Waals surface area contributed by atoms with Gasteiger partial charge in [0.25, 0.3) is 19.0 Å². The molecule has 8 rings (SSSR count). The zero-order valence-electron chi connectivity index (χ0n) is 37.2. The summed E-state index contributed by atoms with van der Waals surface area (Å²) in [6.45, 7) is 26.3. The number of hydrogen-bond donors (Lipinski definition) is 4. The number of likely N-dealkylation sites (tertiary alicyclic amines) is 1. The number of carboxylic acid groups (broad SMARTS) is 1. The standard InChI is InChI=1S/C25H22FN5O.C15H15N3O2.C10H9FN2.ClH/c1-15-9-16(2)21(10-20(15)23-17(3)29-22(30-23)12-28-4)24(32)31-13-25(26,14-31)19-7-5-18(11-27)6-8-19;1-8-5-9(2)12(15(19)20)6-11(8)14-10(3)17-13(18-14)7-16-4;11-10(6-13-7-10)9-3-1-8(5-12)2-4-9;/h5-10H,12-14H2,1-3H3,(H,29,30);5-6H,7H2,1-3H3,(H,17,18)(H,19,20);1-4,13H,6-7H2;1H. The van der Waals surface area contributed by atoms with Crippen LogP contribution in [0.15, 0.2) is 72.8 Å². The lowest BCUT2D eigenvalue weighted by atomic mass is 9.86. The highest BCUT2D eigenvalue weighted by Gasteiger charge is 2.47. The number of carbonyl (C=O) groups excluding carboxylic acids is 1. The Kier molecular flexibility index (Phi) is 15.3. The predicted molar refractivity (Wildman–Crippen MR) is 248 cm³/mol. The molecule has 336 valence electrons. The summed E-state index contributed by atoms with van der Waals surface area (Å²) >= 11 is 0. The lowest BCUT2D eigenvalue weighted by Crippen LogP contribution is -2.58. The lowest BCUT2D eigenvalue weighted by Gasteiger charge is -2.45. The molecule has 0 bridgehead atoms. The zero-order chi connectivity index (χ0) is 47.2. The molecule has 4 aromatic carbocycles. The number of carbonyl (C=O) groups is 2. The van der Waals surface area contributed by atoms with Crippen molar-refractivity contribution in [3.8, 4) is 34.7 Å². The molecular weight excluding hydrogens is 862 g/mol. The van der Waals surface area contributed by atoms with Gasteiger partial charge in [0.2, 0.25) is 0 Å². The van der Waals surface area contributed by atoms with E-state index in [4.69, 9.17) is 23.7 Å². The molecule has 0 unspecified atom stereocenters. The zero-order valence-corrected chi connectivity index (χ0v) is 38.0. The monoisotopic (exact) mass is 908 g/mol. The summed E-state index contributed by atoms with van der Waals surface area (Å²) in [5.74, 6) is 0.0237. The van der Waals surface area contributed by atoms with Gasteiger partial charge in [0.1, 0.15) is 0 Å². The smallest absolute Gasteiger partial charge is 0.335 e. The number of H-pyrrole nitrogens is 2. The minimum absolute atomic E-state index is 0. The van der Waals surface area contributed by atoms with Crippen LogP contribution >= 0.6 is 12.4 Å². The van der Waals surface area contributed by atoms with Crippen LogP contribution in [0.5, 0.6) is 0 Å². The van der Waals surface area contributed by atoms with Crippen molar-refractivity contribution >= 4 is 24.3 Å². The second kappa shape index (κ2) is 20.4. The fraction of sp³-hybridized carbons (Fsp3) is 0.280. The molecule has 0 saturated carbocycles. The highest BCUT2D eigenvalue weighted by atomic mass is 35.5. The molecule has 6 aromatic rings. The van der Waals surface area contributed by atoms with Crippen molar-refractivity contribution < 1.29 is 23.5 Å². The van der Waals surface area contributed by atoms with Gasteiger partial charge in [-0.15, -0.1) is 12.4 Å². The molecule has 2 aromatic heterocycles. The second-order valence-corrected chi connectivity index (χ2v) is 16.3. The predicted octanol–water partition coefficient (Wildman–Crippen LogP) is 9.48. The maximum Gasteiger partial charge on any atom is 0.335 e. The van der Waals surface area contributed by atoms with E-state index in [1.165, 1.54) is 4.90 Å². The molecule has 0 radical (unpaired) electrons. The maximum atomic E-state index is 15.3. The summed E-state index contributed by atoms with van der Waals surface area (Å²) in [6, 6.07) is 24.3. The fourth-order valence-corrected chi connectivity index (χ4v) is 7.84. The Bertz CT molecular complexity index is 2960. The van der Waals surface area contributed by atoms with Crippen LogP contribution in [-0.4, -0.2) is 68.0 Å². The molecule has 2 saturated heterocycles. The van der Waals surface area contributed by atoms with Crippen LogP contribution in [0, 0.1) is 77.3 Å². The number of nitrogens with zero attached hydrogens (tertiary/aromatic N) is 7. The van der Waals surface area contributed by atoms with Crippen LogP contribution in [0.2, 0.25) is 0 Å². The van der Waals surface area contributed by atoms with Gasteiger partial charge in [0.05, 0.1) is 53.3 Å². The van der Waals surface area contributed by atoms with Gasteiger partial charge >= 0.3 is 5.97 Å².